The summed E-state index contributed by atoms with van der Waals surface area (Å²) in [7, 11) is 0. The van der Waals surface area contributed by atoms with Gasteiger partial charge in [0.05, 0.1) is 0 Å². The van der Waals surface area contributed by atoms with E-state index in [9.17, 15) is 19.2 Å². The number of rotatable bonds is 9. The average molecular weight is 764 g/mol. The third-order valence-corrected chi connectivity index (χ3v) is 14.1. The van der Waals surface area contributed by atoms with Gasteiger partial charge < -0.3 is 20.1 Å². The molecule has 0 bridgehead atoms. The van der Waals surface area contributed by atoms with Crippen LogP contribution in [0.5, 0.6) is 0 Å². The van der Waals surface area contributed by atoms with Crippen LogP contribution in [0.1, 0.15) is 53.1 Å². The van der Waals surface area contributed by atoms with Gasteiger partial charge in [-0.25, -0.2) is 9.59 Å². The molecule has 11 heteroatoms. The average Bonchev–Trinajstić information content (AvgIpc) is 3.14. The summed E-state index contributed by atoms with van der Waals surface area (Å²) in [6, 6.07) is 37.5. The largest absolute Gasteiger partial charge is 0.455 e. The molecule has 1 fully saturated rings. The monoisotopic (exact) mass is 763 g/mol. The van der Waals surface area contributed by atoms with Gasteiger partial charge in [0.1, 0.15) is 34.4 Å². The van der Waals surface area contributed by atoms with E-state index in [1.165, 1.54) is 16.7 Å². The molecule has 4 aromatic rings. The Balaban J connectivity index is 1.43. The number of ether oxygens (including phenoxy) is 2. The highest BCUT2D eigenvalue weighted by Crippen LogP contribution is 2.48. The number of alkyl carbamates (subject to hydrolysis) is 1. The van der Waals surface area contributed by atoms with E-state index >= 15 is 0 Å². The van der Waals surface area contributed by atoms with Crippen LogP contribution in [0.25, 0.3) is 0 Å². The highest BCUT2D eigenvalue weighted by atomic mass is 32.2. The third-order valence-electron chi connectivity index (χ3n) is 8.78. The molecule has 3 amide bonds. The van der Waals surface area contributed by atoms with Gasteiger partial charge in [0.15, 0.2) is 0 Å². The molecule has 0 radical (unpaired) electrons. The second-order valence-corrected chi connectivity index (χ2v) is 19.5. The highest BCUT2D eigenvalue weighted by Gasteiger charge is 2.55. The zero-order chi connectivity index (χ0) is 38.7. The molecule has 0 aromatic heterocycles. The second kappa shape index (κ2) is 15.7. The van der Waals surface area contributed by atoms with Crippen molar-refractivity contribution in [2.75, 3.05) is 5.75 Å². The molecule has 9 nitrogen and oxygen atoms in total. The fourth-order valence-electron chi connectivity index (χ4n) is 6.56. The SMILES string of the molecule is CC(C)(C)OC(=O)NC(C(=O)N[C@@H]1C(=O)N2C(C(=O)OC(C)(C)C)=C(C=P(c3ccccc3)(c3ccccc3)c3ccccc3)CS[C@@H]12)c1ccccc1. The molecule has 6 rings (SSSR count). The molecule has 280 valence electrons. The Hall–Kier alpha value is -5.05. The maximum Gasteiger partial charge on any atom is 0.408 e. The lowest BCUT2D eigenvalue weighted by atomic mass is 10.0. The third kappa shape index (κ3) is 8.35. The van der Waals surface area contributed by atoms with E-state index in [-0.39, 0.29) is 5.70 Å². The summed E-state index contributed by atoms with van der Waals surface area (Å²) in [5, 5.41) is 8.25. The smallest absolute Gasteiger partial charge is 0.408 e. The molecule has 0 spiro atoms. The summed E-state index contributed by atoms with van der Waals surface area (Å²) in [6.45, 7) is 8.02. The maximum absolute atomic E-state index is 14.3. The molecule has 2 N–H and O–H groups in total. The van der Waals surface area contributed by atoms with Crippen molar-refractivity contribution in [2.24, 2.45) is 0 Å². The lowest BCUT2D eigenvalue weighted by Gasteiger charge is -2.50. The molecular weight excluding hydrogens is 718 g/mol. The number of hydrogen-bond acceptors (Lipinski definition) is 7. The number of carbonyl (C=O) groups is 4. The van der Waals surface area contributed by atoms with E-state index in [4.69, 9.17) is 9.47 Å². The molecule has 0 saturated carbocycles. The summed E-state index contributed by atoms with van der Waals surface area (Å²) in [5.74, 6) is 0.943. The van der Waals surface area contributed by atoms with Gasteiger partial charge in [-0.05, 0) is 81.3 Å². The van der Waals surface area contributed by atoms with Crippen LogP contribution in [0.4, 0.5) is 4.79 Å². The molecule has 4 aromatic carbocycles. The first-order chi connectivity index (χ1) is 25.7. The molecule has 2 aliphatic rings. The first kappa shape index (κ1) is 38.7. The number of benzene rings is 4. The van der Waals surface area contributed by atoms with Crippen molar-refractivity contribution in [3.05, 3.63) is 138 Å². The van der Waals surface area contributed by atoms with Gasteiger partial charge in [-0.15, -0.1) is 11.8 Å². The van der Waals surface area contributed by atoms with Gasteiger partial charge in [0.2, 0.25) is 5.91 Å². The Morgan fingerprint density at radius 3 is 1.67 bits per heavy atom. The van der Waals surface area contributed by atoms with Crippen molar-refractivity contribution in [3.8, 4) is 0 Å². The second-order valence-electron chi connectivity index (χ2n) is 15.1. The van der Waals surface area contributed by atoms with E-state index in [0.717, 1.165) is 15.9 Å². The fourth-order valence-corrected chi connectivity index (χ4v) is 11.9. The molecule has 54 heavy (non-hydrogen) atoms. The van der Waals surface area contributed by atoms with Gasteiger partial charge in [-0.3, -0.25) is 14.5 Å². The van der Waals surface area contributed by atoms with Crippen LogP contribution in [0.15, 0.2) is 133 Å². The molecular formula is C43H46N3O6PS. The van der Waals surface area contributed by atoms with Gasteiger partial charge in [-0.2, -0.15) is 0 Å². The van der Waals surface area contributed by atoms with Crippen molar-refractivity contribution < 1.29 is 28.7 Å². The van der Waals surface area contributed by atoms with Crippen molar-refractivity contribution in [1.29, 1.82) is 0 Å². The lowest BCUT2D eigenvalue weighted by Crippen LogP contribution is -2.71. The van der Waals surface area contributed by atoms with Crippen molar-refractivity contribution in [3.63, 3.8) is 0 Å². The van der Waals surface area contributed by atoms with Gasteiger partial charge in [0, 0.05) is 5.75 Å². The molecule has 1 saturated heterocycles. The van der Waals surface area contributed by atoms with E-state index in [1.54, 1.807) is 71.9 Å². The van der Waals surface area contributed by atoms with E-state index < -0.39 is 59.4 Å². The number of amides is 3. The number of carbonyl (C=O) groups excluding carboxylic acids is 4. The van der Waals surface area contributed by atoms with Gasteiger partial charge in [-0.1, -0.05) is 121 Å². The number of fused-ring (bicyclic) bond motifs is 1. The standard InChI is InChI=1S/C43H46N3O6PS/c1-42(2,3)51-40(49)36-30(27-53(31-21-13-8-14-22-31,32-23-15-9-16-24-32)33-25-17-10-18-26-33)28-54-39-35(38(48)46(36)39)44-37(47)34(29-19-11-7-12-20-29)45-41(50)52-43(4,5)6/h7-27,34-35,39H,28H2,1-6H3,(H,44,47)(H,45,50)/t34?,35-,39+/m1/s1. The van der Waals surface area contributed by atoms with Crippen LogP contribution in [-0.2, 0) is 23.9 Å². The lowest BCUT2D eigenvalue weighted by molar-refractivity contribution is -0.159. The Morgan fingerprint density at radius 1 is 0.741 bits per heavy atom. The Bertz CT molecular complexity index is 1990. The van der Waals surface area contributed by atoms with Crippen molar-refractivity contribution in [2.45, 2.75) is 70.2 Å². The first-order valence-corrected chi connectivity index (χ1v) is 20.8. The predicted octanol–water partition coefficient (Wildman–Crippen LogP) is 6.04. The highest BCUT2D eigenvalue weighted by molar-refractivity contribution is 8.00. The van der Waals surface area contributed by atoms with Crippen LogP contribution < -0.4 is 26.5 Å². The quantitative estimate of drug-likeness (QED) is 0.121. The summed E-state index contributed by atoms with van der Waals surface area (Å²) in [6.07, 6.45) is -0.766. The van der Waals surface area contributed by atoms with Gasteiger partial charge in [0.25, 0.3) is 5.91 Å². The molecule has 2 heterocycles. The number of β-lactam (4-membered cyclic amide) rings is 1. The summed E-state index contributed by atoms with van der Waals surface area (Å²) in [5.41, 5.74) is -0.247. The Kier molecular flexibility index (Phi) is 11.3. The zero-order valence-corrected chi connectivity index (χ0v) is 33.0. The minimum Gasteiger partial charge on any atom is -0.455 e. The molecule has 3 atom stereocenters. The fraction of sp³-hybridized carbons (Fsp3) is 0.279. The summed E-state index contributed by atoms with van der Waals surface area (Å²) in [4.78, 5) is 56.8. The summed E-state index contributed by atoms with van der Waals surface area (Å²) >= 11 is 1.47. The minimum atomic E-state index is -2.57. The van der Waals surface area contributed by atoms with Crippen molar-refractivity contribution >= 4 is 64.2 Å². The normalized spacial score (nSPS) is 17.7. The number of thioether (sulfide) groups is 1. The number of esters is 1. The van der Waals surface area contributed by atoms with E-state index in [0.29, 0.717) is 16.9 Å². The number of hydrogen-bond donors (Lipinski definition) is 2. The minimum absolute atomic E-state index is 0.169. The van der Waals surface area contributed by atoms with E-state index in [2.05, 4.69) is 52.8 Å². The van der Waals surface area contributed by atoms with E-state index in [1.807, 2.05) is 54.6 Å². The Morgan fingerprint density at radius 2 is 1.20 bits per heavy atom. The van der Waals surface area contributed by atoms with Crippen LogP contribution in [0.3, 0.4) is 0 Å². The Labute approximate surface area is 321 Å². The molecule has 1 unspecified atom stereocenters. The van der Waals surface area contributed by atoms with Crippen molar-refractivity contribution in [1.82, 2.24) is 15.5 Å². The number of nitrogens with zero attached hydrogens (tertiary/aromatic N) is 1. The van der Waals surface area contributed by atoms with Crippen LogP contribution >= 0.6 is 18.6 Å². The first-order valence-electron chi connectivity index (χ1n) is 17.9. The zero-order valence-electron chi connectivity index (χ0n) is 31.3. The van der Waals surface area contributed by atoms with Crippen LogP contribution in [0, 0.1) is 0 Å². The number of nitrogens with one attached hydrogen (secondary N) is 2. The molecule has 2 aliphatic heterocycles. The topological polar surface area (TPSA) is 114 Å². The molecule has 0 aliphatic carbocycles. The van der Waals surface area contributed by atoms with Crippen LogP contribution in [0.2, 0.25) is 0 Å². The van der Waals surface area contributed by atoms with Gasteiger partial charge >= 0.3 is 12.1 Å². The summed E-state index contributed by atoms with van der Waals surface area (Å²) < 4.78 is 11.4. The van der Waals surface area contributed by atoms with Crippen LogP contribution in [-0.4, -0.2) is 62.9 Å². The maximum atomic E-state index is 14.3. The predicted molar refractivity (Wildman–Crippen MR) is 218 cm³/mol.